The molecule has 0 radical (unpaired) electrons. The van der Waals surface area contributed by atoms with Crippen molar-refractivity contribution in [3.8, 4) is 0 Å². The van der Waals surface area contributed by atoms with Gasteiger partial charge in [-0.05, 0) is 68.1 Å². The highest BCUT2D eigenvalue weighted by molar-refractivity contribution is 7.89. The summed E-state index contributed by atoms with van der Waals surface area (Å²) in [6.07, 6.45) is 0. The van der Waals surface area contributed by atoms with E-state index in [4.69, 9.17) is 0 Å². The molecule has 8 heteroatoms. The molecule has 0 spiro atoms. The van der Waals surface area contributed by atoms with Crippen molar-refractivity contribution in [2.75, 3.05) is 13.6 Å². The number of benzene rings is 2. The molecular weight excluding hydrogens is 424 g/mol. The van der Waals surface area contributed by atoms with Gasteiger partial charge in [0.1, 0.15) is 0 Å². The van der Waals surface area contributed by atoms with E-state index in [2.05, 4.69) is 10.4 Å². The molecular formula is C24H30N4O3S. The van der Waals surface area contributed by atoms with E-state index in [0.29, 0.717) is 13.1 Å². The molecule has 7 nitrogen and oxygen atoms in total. The fourth-order valence-electron chi connectivity index (χ4n) is 3.44. The quantitative estimate of drug-likeness (QED) is 0.567. The zero-order valence-corrected chi connectivity index (χ0v) is 20.0. The van der Waals surface area contributed by atoms with Crippen LogP contribution >= 0.6 is 0 Å². The molecule has 1 aromatic heterocycles. The van der Waals surface area contributed by atoms with Crippen LogP contribution in [-0.2, 0) is 27.9 Å². The van der Waals surface area contributed by atoms with Crippen molar-refractivity contribution < 1.29 is 13.2 Å². The van der Waals surface area contributed by atoms with Gasteiger partial charge in [-0.2, -0.15) is 9.40 Å². The van der Waals surface area contributed by atoms with Gasteiger partial charge >= 0.3 is 0 Å². The van der Waals surface area contributed by atoms with Crippen molar-refractivity contribution >= 4 is 15.9 Å². The lowest BCUT2D eigenvalue weighted by Crippen LogP contribution is -2.38. The summed E-state index contributed by atoms with van der Waals surface area (Å²) in [4.78, 5) is 12.6. The molecule has 0 fully saturated rings. The van der Waals surface area contributed by atoms with Crippen LogP contribution in [0.15, 0.2) is 53.4 Å². The average Bonchev–Trinajstić information content (AvgIpc) is 3.05. The van der Waals surface area contributed by atoms with Gasteiger partial charge in [0, 0.05) is 19.3 Å². The number of sulfonamides is 1. The van der Waals surface area contributed by atoms with E-state index in [1.54, 1.807) is 18.2 Å². The summed E-state index contributed by atoms with van der Waals surface area (Å²) in [6.45, 7) is 8.50. The first-order valence-electron chi connectivity index (χ1n) is 10.5. The van der Waals surface area contributed by atoms with Gasteiger partial charge in [0.05, 0.1) is 23.7 Å². The summed E-state index contributed by atoms with van der Waals surface area (Å²) in [6, 6.07) is 14.9. The van der Waals surface area contributed by atoms with Gasteiger partial charge in [-0.15, -0.1) is 0 Å². The Morgan fingerprint density at radius 1 is 1.00 bits per heavy atom. The summed E-state index contributed by atoms with van der Waals surface area (Å²) in [5, 5.41) is 7.30. The van der Waals surface area contributed by atoms with Crippen LogP contribution in [0.25, 0.3) is 0 Å². The first-order valence-corrected chi connectivity index (χ1v) is 11.9. The second-order valence-corrected chi connectivity index (χ2v) is 10.2. The van der Waals surface area contributed by atoms with E-state index in [1.165, 1.54) is 7.05 Å². The summed E-state index contributed by atoms with van der Waals surface area (Å²) in [7, 11) is -2.32. The second-order valence-electron chi connectivity index (χ2n) is 8.19. The number of rotatable bonds is 8. The number of amides is 1. The number of nitrogens with zero attached hydrogens (tertiary/aromatic N) is 3. The largest absolute Gasteiger partial charge is 0.351 e. The summed E-state index contributed by atoms with van der Waals surface area (Å²) in [5.74, 6) is -0.358. The van der Waals surface area contributed by atoms with E-state index < -0.39 is 10.0 Å². The zero-order valence-electron chi connectivity index (χ0n) is 19.2. The van der Waals surface area contributed by atoms with Crippen LogP contribution in [0.4, 0.5) is 0 Å². The molecule has 0 aliphatic heterocycles. The molecule has 3 rings (SSSR count). The topological polar surface area (TPSA) is 84.3 Å². The summed E-state index contributed by atoms with van der Waals surface area (Å²) in [5.41, 5.74) is 6.00. The van der Waals surface area contributed by atoms with Gasteiger partial charge in [0.2, 0.25) is 15.9 Å². The van der Waals surface area contributed by atoms with E-state index >= 15 is 0 Å². The Balaban J connectivity index is 1.59. The highest BCUT2D eigenvalue weighted by atomic mass is 32.2. The van der Waals surface area contributed by atoms with Crippen molar-refractivity contribution in [1.29, 1.82) is 0 Å². The Morgan fingerprint density at radius 2 is 1.72 bits per heavy atom. The number of carbonyl (C=O) groups is 1. The fraction of sp³-hybridized carbons (Fsp3) is 0.333. The monoisotopic (exact) mass is 454 g/mol. The molecule has 0 aliphatic carbocycles. The zero-order chi connectivity index (χ0) is 23.5. The predicted molar refractivity (Wildman–Crippen MR) is 125 cm³/mol. The first kappa shape index (κ1) is 23.7. The first-order chi connectivity index (χ1) is 15.1. The van der Waals surface area contributed by atoms with Crippen LogP contribution < -0.4 is 5.32 Å². The van der Waals surface area contributed by atoms with Crippen LogP contribution in [-0.4, -0.2) is 42.0 Å². The molecule has 1 amide bonds. The third kappa shape index (κ3) is 5.63. The van der Waals surface area contributed by atoms with Gasteiger partial charge in [0.25, 0.3) is 0 Å². The van der Waals surface area contributed by atoms with Crippen LogP contribution in [0.3, 0.4) is 0 Å². The molecule has 1 N–H and O–H groups in total. The Kier molecular flexibility index (Phi) is 7.16. The molecule has 0 unspecified atom stereocenters. The van der Waals surface area contributed by atoms with Crippen LogP contribution in [0, 0.1) is 27.7 Å². The van der Waals surface area contributed by atoms with Crippen molar-refractivity contribution in [3.63, 3.8) is 0 Å². The molecule has 1 heterocycles. The lowest BCUT2D eigenvalue weighted by Gasteiger charge is -2.17. The van der Waals surface area contributed by atoms with E-state index in [1.807, 2.05) is 62.7 Å². The van der Waals surface area contributed by atoms with Gasteiger partial charge in [-0.1, -0.05) is 30.3 Å². The van der Waals surface area contributed by atoms with Gasteiger partial charge in [-0.25, -0.2) is 8.42 Å². The maximum atomic E-state index is 12.8. The summed E-state index contributed by atoms with van der Waals surface area (Å²) >= 11 is 0. The Hall–Kier alpha value is -2.97. The lowest BCUT2D eigenvalue weighted by molar-refractivity contribution is -0.121. The van der Waals surface area contributed by atoms with Crippen molar-refractivity contribution in [2.24, 2.45) is 0 Å². The number of hydrogen-bond acceptors (Lipinski definition) is 4. The van der Waals surface area contributed by atoms with E-state index in [0.717, 1.165) is 37.9 Å². The fourth-order valence-corrected chi connectivity index (χ4v) is 4.66. The highest BCUT2D eigenvalue weighted by Crippen LogP contribution is 2.18. The standard InChI is InChI=1S/C24H30N4O3S/c1-17-9-10-23(11-18(17)2)32(30,31)27(5)16-24(29)25-14-21-7-6-8-22(13-21)15-28-20(4)12-19(3)26-28/h6-13H,14-16H2,1-5H3,(H,25,29). The Morgan fingerprint density at radius 3 is 2.38 bits per heavy atom. The molecule has 0 saturated carbocycles. The van der Waals surface area contributed by atoms with Crippen LogP contribution in [0.5, 0.6) is 0 Å². The molecule has 0 atom stereocenters. The average molecular weight is 455 g/mol. The second kappa shape index (κ2) is 9.67. The highest BCUT2D eigenvalue weighted by Gasteiger charge is 2.23. The number of aryl methyl sites for hydroxylation is 4. The SMILES string of the molecule is Cc1cc(C)n(Cc2cccc(CNC(=O)CN(C)S(=O)(=O)c3ccc(C)c(C)c3)c2)n1. The minimum atomic E-state index is -3.74. The minimum Gasteiger partial charge on any atom is -0.351 e. The van der Waals surface area contributed by atoms with E-state index in [9.17, 15) is 13.2 Å². The molecule has 0 saturated heterocycles. The number of likely N-dealkylation sites (N-methyl/N-ethyl adjacent to an activating group) is 1. The van der Waals surface area contributed by atoms with Gasteiger partial charge < -0.3 is 5.32 Å². The Bertz CT molecular complexity index is 1230. The summed E-state index contributed by atoms with van der Waals surface area (Å²) < 4.78 is 28.6. The molecule has 3 aromatic rings. The number of nitrogens with one attached hydrogen (secondary N) is 1. The predicted octanol–water partition coefficient (Wildman–Crippen LogP) is 3.10. The number of aromatic nitrogens is 2. The van der Waals surface area contributed by atoms with Crippen molar-refractivity contribution in [3.05, 3.63) is 82.2 Å². The molecule has 32 heavy (non-hydrogen) atoms. The maximum absolute atomic E-state index is 12.8. The van der Waals surface area contributed by atoms with Gasteiger partial charge in [0.15, 0.2) is 0 Å². The minimum absolute atomic E-state index is 0.188. The van der Waals surface area contributed by atoms with Crippen LogP contribution in [0.2, 0.25) is 0 Å². The van der Waals surface area contributed by atoms with Crippen molar-refractivity contribution in [1.82, 2.24) is 19.4 Å². The van der Waals surface area contributed by atoms with Crippen LogP contribution in [0.1, 0.15) is 33.6 Å². The lowest BCUT2D eigenvalue weighted by atomic mass is 10.1. The molecule has 0 aliphatic rings. The number of carbonyl (C=O) groups excluding carboxylic acids is 1. The van der Waals surface area contributed by atoms with Gasteiger partial charge in [-0.3, -0.25) is 9.48 Å². The molecule has 170 valence electrons. The molecule has 0 bridgehead atoms. The normalized spacial score (nSPS) is 11.7. The van der Waals surface area contributed by atoms with E-state index in [-0.39, 0.29) is 17.3 Å². The number of hydrogen-bond donors (Lipinski definition) is 1. The third-order valence-corrected chi connectivity index (χ3v) is 7.27. The Labute approximate surface area is 190 Å². The third-order valence-electron chi connectivity index (χ3n) is 5.47. The molecule has 2 aromatic carbocycles. The maximum Gasteiger partial charge on any atom is 0.243 e. The smallest absolute Gasteiger partial charge is 0.243 e. The van der Waals surface area contributed by atoms with Crippen molar-refractivity contribution in [2.45, 2.75) is 45.7 Å².